The predicted octanol–water partition coefficient (Wildman–Crippen LogP) is 1.89. The number of hydrogen-bond donors (Lipinski definition) is 1. The lowest BCUT2D eigenvalue weighted by molar-refractivity contribution is -0.124. The molecule has 0 fully saturated rings. The molecule has 1 aromatic carbocycles. The zero-order chi connectivity index (χ0) is 17.3. The highest BCUT2D eigenvalue weighted by atomic mass is 19.1. The van der Waals surface area contributed by atoms with E-state index in [0.717, 1.165) is 47.3 Å². The van der Waals surface area contributed by atoms with E-state index in [0.29, 0.717) is 0 Å². The summed E-state index contributed by atoms with van der Waals surface area (Å²) >= 11 is 0. The van der Waals surface area contributed by atoms with Crippen molar-refractivity contribution in [3.05, 3.63) is 63.1 Å². The normalized spacial score (nSPS) is 14.3. The van der Waals surface area contributed by atoms with Gasteiger partial charge in [0.15, 0.2) is 0 Å². The second-order valence-electron chi connectivity index (χ2n) is 5.88. The average molecular weight is 333 g/mol. The Morgan fingerprint density at radius 3 is 2.88 bits per heavy atom. The number of amides is 1. The molecule has 1 heterocycles. The smallest absolute Gasteiger partial charge is 0.267 e. The molecule has 24 heavy (non-hydrogen) atoms. The summed E-state index contributed by atoms with van der Waals surface area (Å²) in [6.07, 6.45) is 2.59. The molecule has 126 valence electrons. The fraction of sp³-hybridized carbons (Fsp3) is 0.353. The molecule has 1 aliphatic carbocycles. The molecular formula is C17H17F2N3O2. The van der Waals surface area contributed by atoms with Gasteiger partial charge in [-0.2, -0.15) is 5.10 Å². The highest BCUT2D eigenvalue weighted by Gasteiger charge is 2.21. The van der Waals surface area contributed by atoms with E-state index in [1.807, 2.05) is 0 Å². The molecule has 2 aromatic rings. The second-order valence-corrected chi connectivity index (χ2v) is 5.88. The van der Waals surface area contributed by atoms with Crippen molar-refractivity contribution in [1.29, 1.82) is 0 Å². The van der Waals surface area contributed by atoms with Gasteiger partial charge in [0.1, 0.15) is 17.7 Å². The molecule has 1 N–H and O–H groups in total. The van der Waals surface area contributed by atoms with E-state index in [1.54, 1.807) is 6.92 Å². The first-order valence-electron chi connectivity index (χ1n) is 7.79. The molecule has 3 rings (SSSR count). The SMILES string of the molecule is CC(C(=O)NCc1ccc(F)cc1F)n1nc2c(cc1=O)CCC2. The monoisotopic (exact) mass is 333 g/mol. The molecule has 1 aromatic heterocycles. The first kappa shape index (κ1) is 16.3. The lowest BCUT2D eigenvalue weighted by Crippen LogP contribution is -2.37. The van der Waals surface area contributed by atoms with E-state index in [-0.39, 0.29) is 17.7 Å². The third-order valence-electron chi connectivity index (χ3n) is 4.20. The Hall–Kier alpha value is -2.57. The van der Waals surface area contributed by atoms with Gasteiger partial charge in [-0.05, 0) is 37.8 Å². The summed E-state index contributed by atoms with van der Waals surface area (Å²) < 4.78 is 27.6. The Morgan fingerprint density at radius 2 is 2.12 bits per heavy atom. The molecule has 7 heteroatoms. The highest BCUT2D eigenvalue weighted by molar-refractivity contribution is 5.79. The van der Waals surface area contributed by atoms with Gasteiger partial charge in [0.25, 0.3) is 5.56 Å². The van der Waals surface area contributed by atoms with Crippen LogP contribution in [0.2, 0.25) is 0 Å². The number of aromatic nitrogens is 2. The van der Waals surface area contributed by atoms with Crippen LogP contribution in [0.4, 0.5) is 8.78 Å². The van der Waals surface area contributed by atoms with Crippen molar-refractivity contribution in [3.63, 3.8) is 0 Å². The number of carbonyl (C=O) groups excluding carboxylic acids is 1. The van der Waals surface area contributed by atoms with Gasteiger partial charge < -0.3 is 5.32 Å². The number of halogens is 2. The molecule has 0 bridgehead atoms. The van der Waals surface area contributed by atoms with E-state index in [4.69, 9.17) is 0 Å². The van der Waals surface area contributed by atoms with E-state index in [1.165, 1.54) is 12.1 Å². The maximum Gasteiger partial charge on any atom is 0.267 e. The van der Waals surface area contributed by atoms with Gasteiger partial charge in [-0.1, -0.05) is 6.07 Å². The van der Waals surface area contributed by atoms with Crippen LogP contribution < -0.4 is 10.9 Å². The van der Waals surface area contributed by atoms with Crippen LogP contribution in [0.3, 0.4) is 0 Å². The van der Waals surface area contributed by atoms with Crippen LogP contribution in [0.25, 0.3) is 0 Å². The number of aryl methyl sites for hydroxylation is 2. The van der Waals surface area contributed by atoms with Crippen molar-refractivity contribution in [2.75, 3.05) is 0 Å². The summed E-state index contributed by atoms with van der Waals surface area (Å²) in [6, 6.07) is 3.87. The van der Waals surface area contributed by atoms with Crippen LogP contribution in [0, 0.1) is 11.6 Å². The quantitative estimate of drug-likeness (QED) is 0.929. The van der Waals surface area contributed by atoms with Crippen LogP contribution in [0.1, 0.15) is 36.2 Å². The van der Waals surface area contributed by atoms with Crippen molar-refractivity contribution < 1.29 is 13.6 Å². The molecule has 1 amide bonds. The molecule has 0 radical (unpaired) electrons. The van der Waals surface area contributed by atoms with Crippen LogP contribution >= 0.6 is 0 Å². The van der Waals surface area contributed by atoms with Gasteiger partial charge in [0.2, 0.25) is 5.91 Å². The standard InChI is InChI=1S/C17H17F2N3O2/c1-10(22-16(23)7-11-3-2-4-15(11)21-22)17(24)20-9-12-5-6-13(18)8-14(12)19/h5-8,10H,2-4,9H2,1H3,(H,20,24). The number of rotatable bonds is 4. The third kappa shape index (κ3) is 3.20. The van der Waals surface area contributed by atoms with Gasteiger partial charge in [0.05, 0.1) is 5.69 Å². The summed E-state index contributed by atoms with van der Waals surface area (Å²) in [5, 5.41) is 6.83. The average Bonchev–Trinajstić information content (AvgIpc) is 2.99. The predicted molar refractivity (Wildman–Crippen MR) is 83.4 cm³/mol. The minimum atomic E-state index is -0.813. The van der Waals surface area contributed by atoms with Crippen LogP contribution in [0.15, 0.2) is 29.1 Å². The lowest BCUT2D eigenvalue weighted by Gasteiger charge is -2.15. The summed E-state index contributed by atoms with van der Waals surface area (Å²) in [7, 11) is 0. The van der Waals surface area contributed by atoms with E-state index in [9.17, 15) is 18.4 Å². The van der Waals surface area contributed by atoms with Crippen molar-refractivity contribution >= 4 is 5.91 Å². The summed E-state index contributed by atoms with van der Waals surface area (Å²) in [6.45, 7) is 1.47. The van der Waals surface area contributed by atoms with Gasteiger partial charge in [-0.15, -0.1) is 0 Å². The fourth-order valence-corrected chi connectivity index (χ4v) is 2.80. The molecule has 0 aliphatic heterocycles. The topological polar surface area (TPSA) is 64.0 Å². The van der Waals surface area contributed by atoms with Crippen LogP contribution in [0.5, 0.6) is 0 Å². The van der Waals surface area contributed by atoms with Gasteiger partial charge >= 0.3 is 0 Å². The number of nitrogens with one attached hydrogen (secondary N) is 1. The lowest BCUT2D eigenvalue weighted by atomic mass is 10.2. The van der Waals surface area contributed by atoms with E-state index >= 15 is 0 Å². The molecule has 1 atom stereocenters. The van der Waals surface area contributed by atoms with Crippen molar-refractivity contribution in [3.8, 4) is 0 Å². The van der Waals surface area contributed by atoms with E-state index < -0.39 is 23.6 Å². The number of nitrogens with zero attached hydrogens (tertiary/aromatic N) is 2. The Balaban J connectivity index is 1.72. The molecule has 0 saturated carbocycles. The number of carbonyl (C=O) groups is 1. The zero-order valence-corrected chi connectivity index (χ0v) is 13.2. The minimum absolute atomic E-state index is 0.0883. The van der Waals surface area contributed by atoms with Gasteiger partial charge in [-0.3, -0.25) is 9.59 Å². The Labute approximate surface area is 137 Å². The number of fused-ring (bicyclic) bond motifs is 1. The zero-order valence-electron chi connectivity index (χ0n) is 13.2. The van der Waals surface area contributed by atoms with Crippen molar-refractivity contribution in [2.45, 2.75) is 38.8 Å². The third-order valence-corrected chi connectivity index (χ3v) is 4.20. The summed E-state index contributed by atoms with van der Waals surface area (Å²) in [4.78, 5) is 24.3. The molecule has 0 saturated heterocycles. The molecule has 1 aliphatic rings. The minimum Gasteiger partial charge on any atom is -0.350 e. The van der Waals surface area contributed by atoms with Gasteiger partial charge in [0, 0.05) is 24.2 Å². The Morgan fingerprint density at radius 1 is 1.33 bits per heavy atom. The second kappa shape index (κ2) is 6.51. The van der Waals surface area contributed by atoms with Gasteiger partial charge in [-0.25, -0.2) is 13.5 Å². The van der Waals surface area contributed by atoms with Crippen LogP contribution in [-0.2, 0) is 24.2 Å². The van der Waals surface area contributed by atoms with Crippen molar-refractivity contribution in [2.24, 2.45) is 0 Å². The van der Waals surface area contributed by atoms with Crippen molar-refractivity contribution in [1.82, 2.24) is 15.1 Å². The maximum atomic E-state index is 13.6. The molecule has 1 unspecified atom stereocenters. The maximum absolute atomic E-state index is 13.6. The summed E-state index contributed by atoms with van der Waals surface area (Å²) in [5.74, 6) is -1.85. The first-order chi connectivity index (χ1) is 11.5. The molecule has 0 spiro atoms. The number of hydrogen-bond acceptors (Lipinski definition) is 3. The fourth-order valence-electron chi connectivity index (χ4n) is 2.80. The molecular weight excluding hydrogens is 316 g/mol. The first-order valence-corrected chi connectivity index (χ1v) is 7.79. The Bertz CT molecular complexity index is 848. The van der Waals surface area contributed by atoms with E-state index in [2.05, 4.69) is 10.4 Å². The van der Waals surface area contributed by atoms with Crippen LogP contribution in [-0.4, -0.2) is 15.7 Å². The number of benzene rings is 1. The summed E-state index contributed by atoms with van der Waals surface area (Å²) in [5.41, 5.74) is 1.63. The Kier molecular flexibility index (Phi) is 4.42. The largest absolute Gasteiger partial charge is 0.350 e. The molecule has 5 nitrogen and oxygen atoms in total. The highest BCUT2D eigenvalue weighted by Crippen LogP contribution is 2.18.